The lowest BCUT2D eigenvalue weighted by Gasteiger charge is -2.19. The maximum Gasteiger partial charge on any atom is 0.246 e. The van der Waals surface area contributed by atoms with Crippen LogP contribution in [0.2, 0.25) is 0 Å². The van der Waals surface area contributed by atoms with Crippen LogP contribution < -0.4 is 10.5 Å². The summed E-state index contributed by atoms with van der Waals surface area (Å²) in [5.41, 5.74) is 5.05. The second-order valence-corrected chi connectivity index (χ2v) is 6.02. The molecule has 0 fully saturated rings. The van der Waals surface area contributed by atoms with Gasteiger partial charge in [-0.2, -0.15) is 5.10 Å². The van der Waals surface area contributed by atoms with Crippen molar-refractivity contribution in [2.24, 2.45) is 7.05 Å². The summed E-state index contributed by atoms with van der Waals surface area (Å²) in [7, 11) is -2.00. The van der Waals surface area contributed by atoms with E-state index in [1.165, 1.54) is 10.9 Å². The Morgan fingerprint density at radius 1 is 1.47 bits per heavy atom. The number of nitrogens with two attached hydrogens (primary N) is 1. The first-order valence-electron chi connectivity index (χ1n) is 4.45. The van der Waals surface area contributed by atoms with E-state index in [9.17, 15) is 8.42 Å². The molecule has 0 aliphatic carbocycles. The highest BCUT2D eigenvalue weighted by molar-refractivity contribution is 7.89. The fourth-order valence-corrected chi connectivity index (χ4v) is 2.60. The summed E-state index contributed by atoms with van der Waals surface area (Å²) in [6.45, 7) is 5.28. The van der Waals surface area contributed by atoms with Gasteiger partial charge in [0.25, 0.3) is 0 Å². The minimum absolute atomic E-state index is 0.0138. The third-order valence-electron chi connectivity index (χ3n) is 1.68. The molecule has 0 unspecified atom stereocenters. The largest absolute Gasteiger partial charge is 0.383 e. The molecule has 0 bridgehead atoms. The lowest BCUT2D eigenvalue weighted by atomic mass is 10.1. The van der Waals surface area contributed by atoms with Crippen molar-refractivity contribution < 1.29 is 8.42 Å². The van der Waals surface area contributed by atoms with Crippen LogP contribution in [0.1, 0.15) is 20.8 Å². The smallest absolute Gasteiger partial charge is 0.246 e. The van der Waals surface area contributed by atoms with E-state index in [1.54, 1.807) is 27.8 Å². The summed E-state index contributed by atoms with van der Waals surface area (Å²) in [6, 6.07) is 0. The average molecular weight is 232 g/mol. The highest BCUT2D eigenvalue weighted by Crippen LogP contribution is 2.18. The molecule has 3 N–H and O–H groups in total. The predicted molar refractivity (Wildman–Crippen MR) is 57.7 cm³/mol. The van der Waals surface area contributed by atoms with E-state index < -0.39 is 15.6 Å². The molecule has 7 heteroatoms. The number of aryl methyl sites for hydroxylation is 1. The predicted octanol–water partition coefficient (Wildman–Crippen LogP) is 0.0791. The number of anilines is 1. The number of hydrogen-bond acceptors (Lipinski definition) is 4. The van der Waals surface area contributed by atoms with Gasteiger partial charge in [0.2, 0.25) is 10.0 Å². The Balaban J connectivity index is 3.13. The number of aromatic nitrogens is 2. The molecule has 0 aromatic carbocycles. The molecule has 0 radical (unpaired) electrons. The van der Waals surface area contributed by atoms with Crippen molar-refractivity contribution in [1.82, 2.24) is 14.5 Å². The van der Waals surface area contributed by atoms with Crippen LogP contribution in [-0.2, 0) is 17.1 Å². The van der Waals surface area contributed by atoms with Crippen molar-refractivity contribution in [1.29, 1.82) is 0 Å². The molecule has 0 spiro atoms. The van der Waals surface area contributed by atoms with Crippen LogP contribution >= 0.6 is 0 Å². The Kier molecular flexibility index (Phi) is 2.79. The van der Waals surface area contributed by atoms with Crippen molar-refractivity contribution >= 4 is 15.8 Å². The molecule has 1 aromatic heterocycles. The van der Waals surface area contributed by atoms with E-state index in [0.29, 0.717) is 0 Å². The van der Waals surface area contributed by atoms with Gasteiger partial charge in [-0.15, -0.1) is 0 Å². The molecule has 0 atom stereocenters. The Morgan fingerprint density at radius 3 is 2.33 bits per heavy atom. The summed E-state index contributed by atoms with van der Waals surface area (Å²) < 4.78 is 27.5. The maximum absolute atomic E-state index is 11.8. The van der Waals surface area contributed by atoms with Crippen LogP contribution in [-0.4, -0.2) is 23.7 Å². The fourth-order valence-electron chi connectivity index (χ4n) is 1.09. The highest BCUT2D eigenvalue weighted by atomic mass is 32.2. The summed E-state index contributed by atoms with van der Waals surface area (Å²) in [5.74, 6) is 0.131. The summed E-state index contributed by atoms with van der Waals surface area (Å²) >= 11 is 0. The summed E-state index contributed by atoms with van der Waals surface area (Å²) in [5, 5.41) is 3.78. The first kappa shape index (κ1) is 12.0. The SMILES string of the molecule is Cn1ncc(S(=O)(=O)NC(C)(C)C)c1N. The van der Waals surface area contributed by atoms with Crippen LogP contribution in [0.15, 0.2) is 11.1 Å². The number of rotatable bonds is 2. The average Bonchev–Trinajstić information content (AvgIpc) is 2.27. The monoisotopic (exact) mass is 232 g/mol. The Bertz CT molecular complexity index is 455. The molecule has 0 saturated carbocycles. The van der Waals surface area contributed by atoms with Gasteiger partial charge in [0.15, 0.2) is 0 Å². The standard InChI is InChI=1S/C8H16N4O2S/c1-8(2,3)11-15(13,14)6-5-10-12(4)7(6)9/h5,11H,9H2,1-4H3. The minimum Gasteiger partial charge on any atom is -0.383 e. The molecule has 15 heavy (non-hydrogen) atoms. The van der Waals surface area contributed by atoms with E-state index in [-0.39, 0.29) is 10.7 Å². The van der Waals surface area contributed by atoms with E-state index in [1.807, 2.05) is 0 Å². The second-order valence-electron chi connectivity index (χ2n) is 4.37. The first-order chi connectivity index (χ1) is 6.63. The van der Waals surface area contributed by atoms with Crippen molar-refractivity contribution in [2.75, 3.05) is 5.73 Å². The Labute approximate surface area is 89.5 Å². The van der Waals surface area contributed by atoms with Gasteiger partial charge in [-0.25, -0.2) is 13.1 Å². The van der Waals surface area contributed by atoms with Crippen LogP contribution in [0.25, 0.3) is 0 Å². The molecule has 1 heterocycles. The van der Waals surface area contributed by atoms with E-state index in [4.69, 9.17) is 5.73 Å². The van der Waals surface area contributed by atoms with Crippen molar-refractivity contribution in [3.63, 3.8) is 0 Å². The van der Waals surface area contributed by atoms with Gasteiger partial charge in [0.05, 0.1) is 6.20 Å². The van der Waals surface area contributed by atoms with E-state index >= 15 is 0 Å². The van der Waals surface area contributed by atoms with Gasteiger partial charge < -0.3 is 5.73 Å². The number of hydrogen-bond donors (Lipinski definition) is 2. The van der Waals surface area contributed by atoms with Crippen LogP contribution in [0, 0.1) is 0 Å². The Hall–Kier alpha value is -1.08. The zero-order valence-electron chi connectivity index (χ0n) is 9.27. The van der Waals surface area contributed by atoms with Gasteiger partial charge in [-0.05, 0) is 20.8 Å². The van der Waals surface area contributed by atoms with Gasteiger partial charge in [0.1, 0.15) is 10.7 Å². The summed E-state index contributed by atoms with van der Waals surface area (Å²) in [6.07, 6.45) is 1.24. The molecule has 6 nitrogen and oxygen atoms in total. The molecule has 0 aliphatic rings. The summed E-state index contributed by atoms with van der Waals surface area (Å²) in [4.78, 5) is 0.0138. The second kappa shape index (κ2) is 3.49. The first-order valence-corrected chi connectivity index (χ1v) is 5.93. The molecule has 86 valence electrons. The zero-order chi connectivity index (χ0) is 11.9. The molecule has 0 aliphatic heterocycles. The lowest BCUT2D eigenvalue weighted by molar-refractivity contribution is 0.491. The van der Waals surface area contributed by atoms with Gasteiger partial charge in [0, 0.05) is 12.6 Å². The minimum atomic E-state index is -3.59. The normalized spacial score (nSPS) is 13.1. The molecular weight excluding hydrogens is 216 g/mol. The van der Waals surface area contributed by atoms with Crippen LogP contribution in [0.4, 0.5) is 5.82 Å². The van der Waals surface area contributed by atoms with Crippen LogP contribution in [0.5, 0.6) is 0 Å². The van der Waals surface area contributed by atoms with Crippen LogP contribution in [0.3, 0.4) is 0 Å². The Morgan fingerprint density at radius 2 is 2.00 bits per heavy atom. The van der Waals surface area contributed by atoms with Crippen molar-refractivity contribution in [3.05, 3.63) is 6.20 Å². The molecule has 1 aromatic rings. The molecule has 0 amide bonds. The molecular formula is C8H16N4O2S. The lowest BCUT2D eigenvalue weighted by Crippen LogP contribution is -2.40. The molecule has 1 rings (SSSR count). The topological polar surface area (TPSA) is 90.0 Å². The maximum atomic E-state index is 11.8. The third kappa shape index (κ3) is 2.69. The van der Waals surface area contributed by atoms with Crippen molar-refractivity contribution in [2.45, 2.75) is 31.2 Å². The van der Waals surface area contributed by atoms with Gasteiger partial charge >= 0.3 is 0 Å². The van der Waals surface area contributed by atoms with E-state index in [2.05, 4.69) is 9.82 Å². The number of nitrogen functional groups attached to an aromatic ring is 1. The van der Waals surface area contributed by atoms with Crippen molar-refractivity contribution in [3.8, 4) is 0 Å². The van der Waals surface area contributed by atoms with Gasteiger partial charge in [-0.3, -0.25) is 4.68 Å². The van der Waals surface area contributed by atoms with Gasteiger partial charge in [-0.1, -0.05) is 0 Å². The highest BCUT2D eigenvalue weighted by Gasteiger charge is 2.25. The van der Waals surface area contributed by atoms with E-state index in [0.717, 1.165) is 0 Å². The quantitative estimate of drug-likeness (QED) is 0.755. The third-order valence-corrected chi connectivity index (χ3v) is 3.45. The number of sulfonamides is 1. The number of nitrogens with zero attached hydrogens (tertiary/aromatic N) is 2. The molecule has 0 saturated heterocycles. The zero-order valence-corrected chi connectivity index (χ0v) is 10.1. The number of nitrogens with one attached hydrogen (secondary N) is 1. The fraction of sp³-hybridized carbons (Fsp3) is 0.625.